The Balaban J connectivity index is 2.07. The van der Waals surface area contributed by atoms with Crippen molar-refractivity contribution in [3.05, 3.63) is 58.3 Å². The van der Waals surface area contributed by atoms with Gasteiger partial charge < -0.3 is 0 Å². The highest BCUT2D eigenvalue weighted by atomic mass is 79.9. The van der Waals surface area contributed by atoms with Crippen LogP contribution in [0.5, 0.6) is 0 Å². The molecule has 20 heavy (non-hydrogen) atoms. The van der Waals surface area contributed by atoms with Crippen molar-refractivity contribution in [1.82, 2.24) is 9.38 Å². The van der Waals surface area contributed by atoms with Crippen LogP contribution in [0.2, 0.25) is 0 Å². The molecule has 0 aliphatic heterocycles. The fourth-order valence-corrected chi connectivity index (χ4v) is 2.37. The zero-order chi connectivity index (χ0) is 14.1. The van der Waals surface area contributed by atoms with Gasteiger partial charge in [-0.1, -0.05) is 12.1 Å². The van der Waals surface area contributed by atoms with Gasteiger partial charge in [-0.3, -0.25) is 4.40 Å². The van der Waals surface area contributed by atoms with Gasteiger partial charge in [0.1, 0.15) is 5.65 Å². The first-order valence-corrected chi connectivity index (χ1v) is 7.06. The van der Waals surface area contributed by atoms with E-state index in [4.69, 9.17) is 0 Å². The maximum Gasteiger partial charge on any atom is 0.182 e. The Labute approximate surface area is 125 Å². The molecule has 5 heteroatoms. The molecule has 0 amide bonds. The molecule has 3 rings (SSSR count). The summed E-state index contributed by atoms with van der Waals surface area (Å²) >= 11 is 3.46. The number of hydrogen-bond acceptors (Lipinski definition) is 3. The average molecular weight is 329 g/mol. The minimum absolute atomic E-state index is 0.760. The first-order chi connectivity index (χ1) is 9.65. The Morgan fingerprint density at radius 2 is 1.90 bits per heavy atom. The molecule has 0 spiro atoms. The van der Waals surface area contributed by atoms with Crippen LogP contribution in [-0.4, -0.2) is 9.38 Å². The Morgan fingerprint density at radius 1 is 1.10 bits per heavy atom. The SMILES string of the molecule is Cc1ccn2c(N=Nc3ccccc3Br)c(C)nc2c1. The fourth-order valence-electron chi connectivity index (χ4n) is 2.01. The van der Waals surface area contributed by atoms with Gasteiger partial charge in [-0.05, 0) is 59.6 Å². The fraction of sp³-hybridized carbons (Fsp3) is 0.133. The number of fused-ring (bicyclic) bond motifs is 1. The van der Waals surface area contributed by atoms with E-state index in [2.05, 4.69) is 31.1 Å². The molecule has 0 bridgehead atoms. The van der Waals surface area contributed by atoms with Gasteiger partial charge in [-0.25, -0.2) is 4.98 Å². The third-order valence-corrected chi connectivity index (χ3v) is 3.70. The summed E-state index contributed by atoms with van der Waals surface area (Å²) in [6.45, 7) is 3.99. The van der Waals surface area contributed by atoms with Gasteiger partial charge in [0.15, 0.2) is 5.82 Å². The lowest BCUT2D eigenvalue weighted by atomic mass is 10.3. The molecule has 0 saturated heterocycles. The summed E-state index contributed by atoms with van der Waals surface area (Å²) in [5, 5.41) is 8.65. The molecule has 2 heterocycles. The molecule has 0 unspecified atom stereocenters. The van der Waals surface area contributed by atoms with Crippen LogP contribution in [0, 0.1) is 13.8 Å². The highest BCUT2D eigenvalue weighted by molar-refractivity contribution is 9.10. The van der Waals surface area contributed by atoms with Crippen LogP contribution in [0.1, 0.15) is 11.3 Å². The number of hydrogen-bond donors (Lipinski definition) is 0. The normalized spacial score (nSPS) is 11.6. The van der Waals surface area contributed by atoms with Gasteiger partial charge in [-0.2, -0.15) is 0 Å². The molecule has 0 fully saturated rings. The van der Waals surface area contributed by atoms with Crippen LogP contribution in [0.25, 0.3) is 5.65 Å². The van der Waals surface area contributed by atoms with E-state index in [1.54, 1.807) is 0 Å². The summed E-state index contributed by atoms with van der Waals surface area (Å²) in [6.07, 6.45) is 1.97. The predicted octanol–water partition coefficient (Wildman–Crippen LogP) is 5.13. The number of aryl methyl sites for hydroxylation is 2. The lowest BCUT2D eigenvalue weighted by molar-refractivity contribution is 1.09. The molecule has 3 aromatic rings. The molecular formula is C15H13BrN4. The van der Waals surface area contributed by atoms with Crippen molar-refractivity contribution in [2.75, 3.05) is 0 Å². The smallest absolute Gasteiger partial charge is 0.182 e. The Morgan fingerprint density at radius 3 is 2.70 bits per heavy atom. The maximum atomic E-state index is 4.51. The van der Waals surface area contributed by atoms with E-state index in [9.17, 15) is 0 Å². The van der Waals surface area contributed by atoms with E-state index >= 15 is 0 Å². The van der Waals surface area contributed by atoms with Crippen molar-refractivity contribution < 1.29 is 0 Å². The monoisotopic (exact) mass is 328 g/mol. The van der Waals surface area contributed by atoms with Crippen molar-refractivity contribution in [3.8, 4) is 0 Å². The van der Waals surface area contributed by atoms with Gasteiger partial charge >= 0.3 is 0 Å². The highest BCUT2D eigenvalue weighted by Crippen LogP contribution is 2.28. The van der Waals surface area contributed by atoms with Crippen LogP contribution in [-0.2, 0) is 0 Å². The molecule has 100 valence electrons. The van der Waals surface area contributed by atoms with E-state index in [1.807, 2.05) is 60.8 Å². The quantitative estimate of drug-likeness (QED) is 0.601. The molecule has 0 saturated carbocycles. The summed E-state index contributed by atoms with van der Waals surface area (Å²) < 4.78 is 2.87. The van der Waals surface area contributed by atoms with Crippen LogP contribution in [0.3, 0.4) is 0 Å². The molecular weight excluding hydrogens is 316 g/mol. The summed E-state index contributed by atoms with van der Waals surface area (Å²) in [4.78, 5) is 4.51. The van der Waals surface area contributed by atoms with Gasteiger partial charge in [0.2, 0.25) is 0 Å². The first kappa shape index (κ1) is 13.0. The minimum atomic E-state index is 0.760. The number of benzene rings is 1. The van der Waals surface area contributed by atoms with E-state index < -0.39 is 0 Å². The molecule has 0 atom stereocenters. The highest BCUT2D eigenvalue weighted by Gasteiger charge is 2.08. The van der Waals surface area contributed by atoms with Gasteiger partial charge in [0, 0.05) is 10.7 Å². The maximum absolute atomic E-state index is 4.51. The first-order valence-electron chi connectivity index (χ1n) is 6.27. The van der Waals surface area contributed by atoms with E-state index in [-0.39, 0.29) is 0 Å². The van der Waals surface area contributed by atoms with Gasteiger partial charge in [0.05, 0.1) is 11.4 Å². The largest absolute Gasteiger partial charge is 0.283 e. The van der Waals surface area contributed by atoms with Crippen molar-refractivity contribution in [1.29, 1.82) is 0 Å². The molecule has 4 nitrogen and oxygen atoms in total. The van der Waals surface area contributed by atoms with Crippen LogP contribution < -0.4 is 0 Å². The number of nitrogens with zero attached hydrogens (tertiary/aromatic N) is 4. The number of imidazole rings is 1. The number of halogens is 1. The number of pyridine rings is 1. The molecule has 1 aromatic carbocycles. The zero-order valence-electron chi connectivity index (χ0n) is 11.2. The van der Waals surface area contributed by atoms with Crippen LogP contribution >= 0.6 is 15.9 Å². The predicted molar refractivity (Wildman–Crippen MR) is 83.0 cm³/mol. The van der Waals surface area contributed by atoms with E-state index in [1.165, 1.54) is 5.56 Å². The van der Waals surface area contributed by atoms with Crippen molar-refractivity contribution in [3.63, 3.8) is 0 Å². The number of rotatable bonds is 2. The second-order valence-corrected chi connectivity index (χ2v) is 5.46. The summed E-state index contributed by atoms with van der Waals surface area (Å²) in [5.41, 5.74) is 3.74. The molecule has 0 aliphatic carbocycles. The van der Waals surface area contributed by atoms with Crippen molar-refractivity contribution in [2.24, 2.45) is 10.2 Å². The second-order valence-electron chi connectivity index (χ2n) is 4.60. The molecule has 2 aromatic heterocycles. The number of azo groups is 1. The molecule has 0 radical (unpaired) electrons. The average Bonchev–Trinajstić information content (AvgIpc) is 2.73. The standard InChI is InChI=1S/C15H13BrN4/c1-10-7-8-20-14(9-10)17-11(2)15(20)19-18-13-6-4-3-5-12(13)16/h3-9H,1-2H3. The third kappa shape index (κ3) is 2.36. The lowest BCUT2D eigenvalue weighted by Crippen LogP contribution is -1.83. The second kappa shape index (κ2) is 5.17. The lowest BCUT2D eigenvalue weighted by Gasteiger charge is -1.98. The Hall–Kier alpha value is -2.01. The Kier molecular flexibility index (Phi) is 3.36. The minimum Gasteiger partial charge on any atom is -0.283 e. The van der Waals surface area contributed by atoms with Crippen molar-refractivity contribution >= 4 is 33.1 Å². The van der Waals surface area contributed by atoms with E-state index in [0.29, 0.717) is 0 Å². The molecule has 0 N–H and O–H groups in total. The van der Waals surface area contributed by atoms with Crippen LogP contribution in [0.15, 0.2) is 57.3 Å². The van der Waals surface area contributed by atoms with E-state index in [0.717, 1.165) is 27.3 Å². The summed E-state index contributed by atoms with van der Waals surface area (Å²) in [6, 6.07) is 11.8. The van der Waals surface area contributed by atoms with Gasteiger partial charge in [-0.15, -0.1) is 10.2 Å². The summed E-state index contributed by atoms with van der Waals surface area (Å²) in [5.74, 6) is 0.760. The van der Waals surface area contributed by atoms with Gasteiger partial charge in [0.25, 0.3) is 0 Å². The third-order valence-electron chi connectivity index (χ3n) is 3.03. The zero-order valence-corrected chi connectivity index (χ0v) is 12.8. The summed E-state index contributed by atoms with van der Waals surface area (Å²) in [7, 11) is 0. The number of aromatic nitrogens is 2. The van der Waals surface area contributed by atoms with Crippen molar-refractivity contribution in [2.45, 2.75) is 13.8 Å². The van der Waals surface area contributed by atoms with Crippen LogP contribution in [0.4, 0.5) is 11.5 Å². The molecule has 0 aliphatic rings. The topological polar surface area (TPSA) is 42.0 Å². The Bertz CT molecular complexity index is 805.